The maximum atomic E-state index is 12.6. The van der Waals surface area contributed by atoms with Crippen molar-refractivity contribution < 1.29 is 9.59 Å². The molecule has 0 aliphatic carbocycles. The molecule has 2 amide bonds. The summed E-state index contributed by atoms with van der Waals surface area (Å²) in [6.45, 7) is 4.86. The van der Waals surface area contributed by atoms with Crippen LogP contribution in [0.2, 0.25) is 0 Å². The zero-order valence-corrected chi connectivity index (χ0v) is 18.5. The van der Waals surface area contributed by atoms with E-state index in [-0.39, 0.29) is 18.4 Å². The van der Waals surface area contributed by atoms with Gasteiger partial charge in [0.05, 0.1) is 11.9 Å². The average molecular weight is 426 g/mol. The van der Waals surface area contributed by atoms with E-state index in [9.17, 15) is 9.59 Å². The largest absolute Gasteiger partial charge is 0.352 e. The molecule has 1 aliphatic heterocycles. The molecule has 0 spiro atoms. The molecular formula is C22H31N7O2. The van der Waals surface area contributed by atoms with Crippen LogP contribution in [-0.2, 0) is 18.4 Å². The number of piperazine rings is 1. The third kappa shape index (κ3) is 5.84. The number of nitrogens with zero attached hydrogens (tertiary/aromatic N) is 5. The van der Waals surface area contributed by atoms with Crippen LogP contribution in [0.1, 0.15) is 35.7 Å². The van der Waals surface area contributed by atoms with Crippen LogP contribution in [0.5, 0.6) is 0 Å². The fourth-order valence-corrected chi connectivity index (χ4v) is 3.44. The number of aryl methyl sites for hydroxylation is 1. The van der Waals surface area contributed by atoms with Gasteiger partial charge >= 0.3 is 0 Å². The van der Waals surface area contributed by atoms with Crippen molar-refractivity contribution >= 4 is 23.5 Å². The van der Waals surface area contributed by atoms with Gasteiger partial charge in [0.15, 0.2) is 5.96 Å². The molecule has 0 bridgehead atoms. The number of unbranched alkanes of at least 4 members (excludes halogenated alkanes) is 1. The summed E-state index contributed by atoms with van der Waals surface area (Å²) in [4.78, 5) is 32.8. The van der Waals surface area contributed by atoms with Gasteiger partial charge in [-0.3, -0.25) is 19.3 Å². The Morgan fingerprint density at radius 2 is 1.97 bits per heavy atom. The molecule has 1 aliphatic rings. The van der Waals surface area contributed by atoms with Crippen molar-refractivity contribution in [3.63, 3.8) is 0 Å². The van der Waals surface area contributed by atoms with Crippen molar-refractivity contribution in [2.45, 2.75) is 26.3 Å². The van der Waals surface area contributed by atoms with E-state index in [2.05, 4.69) is 27.6 Å². The molecule has 0 unspecified atom stereocenters. The molecular weight excluding hydrogens is 394 g/mol. The number of carbonyl (C=O) groups excluding carboxylic acids is 2. The predicted octanol–water partition coefficient (Wildman–Crippen LogP) is 1.37. The standard InChI is InChI=1S/C22H31N7O2/c1-4-5-10-24-21(31)18-8-6-17(7-9-18)13-25-22(23-2)28-11-12-29(20(30)16-28)19-14-26-27(3)15-19/h6-9,14-15H,4-5,10-13,16H2,1-3H3,(H,23,25)(H,24,31). The zero-order chi connectivity index (χ0) is 22.2. The number of rotatable bonds is 7. The van der Waals surface area contributed by atoms with Crippen LogP contribution in [0.25, 0.3) is 0 Å². The molecule has 1 saturated heterocycles. The Morgan fingerprint density at radius 3 is 2.58 bits per heavy atom. The van der Waals surface area contributed by atoms with E-state index in [4.69, 9.17) is 0 Å². The fourth-order valence-electron chi connectivity index (χ4n) is 3.44. The van der Waals surface area contributed by atoms with Crippen molar-refractivity contribution in [1.82, 2.24) is 25.3 Å². The second-order valence-electron chi connectivity index (χ2n) is 7.55. The highest BCUT2D eigenvalue weighted by atomic mass is 16.2. The summed E-state index contributed by atoms with van der Waals surface area (Å²) < 4.78 is 1.69. The van der Waals surface area contributed by atoms with Gasteiger partial charge in [0.2, 0.25) is 5.91 Å². The van der Waals surface area contributed by atoms with Gasteiger partial charge in [0.1, 0.15) is 6.54 Å². The Hall–Kier alpha value is -3.36. The predicted molar refractivity (Wildman–Crippen MR) is 121 cm³/mol. The molecule has 2 aromatic rings. The first-order valence-electron chi connectivity index (χ1n) is 10.6. The van der Waals surface area contributed by atoms with Crippen molar-refractivity contribution in [2.24, 2.45) is 12.0 Å². The topological polar surface area (TPSA) is 94.9 Å². The minimum Gasteiger partial charge on any atom is -0.352 e. The highest BCUT2D eigenvalue weighted by molar-refractivity contribution is 5.98. The number of nitrogens with one attached hydrogen (secondary N) is 2. The molecule has 0 atom stereocenters. The van der Waals surface area contributed by atoms with Gasteiger partial charge in [0.25, 0.3) is 5.91 Å². The number of amides is 2. The van der Waals surface area contributed by atoms with E-state index in [1.54, 1.807) is 22.8 Å². The third-order valence-electron chi connectivity index (χ3n) is 5.22. The minimum absolute atomic E-state index is 0.0145. The van der Waals surface area contributed by atoms with Gasteiger partial charge in [-0.15, -0.1) is 0 Å². The van der Waals surface area contributed by atoms with Gasteiger partial charge < -0.3 is 20.4 Å². The number of hydrogen-bond donors (Lipinski definition) is 2. The first-order valence-corrected chi connectivity index (χ1v) is 10.6. The summed E-state index contributed by atoms with van der Waals surface area (Å²) in [6, 6.07) is 7.52. The van der Waals surface area contributed by atoms with Gasteiger partial charge in [-0.2, -0.15) is 5.10 Å². The van der Waals surface area contributed by atoms with Gasteiger partial charge in [-0.1, -0.05) is 25.5 Å². The minimum atomic E-state index is -0.0474. The zero-order valence-electron chi connectivity index (χ0n) is 18.5. The maximum absolute atomic E-state index is 12.6. The summed E-state index contributed by atoms with van der Waals surface area (Å²) in [7, 11) is 3.55. The van der Waals surface area contributed by atoms with Crippen LogP contribution in [0.15, 0.2) is 41.7 Å². The van der Waals surface area contributed by atoms with Crippen LogP contribution < -0.4 is 15.5 Å². The number of hydrogen-bond acceptors (Lipinski definition) is 4. The molecule has 2 N–H and O–H groups in total. The number of carbonyl (C=O) groups is 2. The van der Waals surface area contributed by atoms with E-state index >= 15 is 0 Å². The molecule has 0 saturated carbocycles. The summed E-state index contributed by atoms with van der Waals surface area (Å²) in [6.07, 6.45) is 5.57. The first kappa shape index (κ1) is 22.3. The lowest BCUT2D eigenvalue weighted by atomic mass is 10.1. The SMILES string of the molecule is CCCCNC(=O)c1ccc(CNC(=NC)N2CCN(c3cnn(C)c3)C(=O)C2)cc1. The summed E-state index contributed by atoms with van der Waals surface area (Å²) in [5.74, 6) is 0.648. The highest BCUT2D eigenvalue weighted by Crippen LogP contribution is 2.16. The average Bonchev–Trinajstić information content (AvgIpc) is 3.20. The van der Waals surface area contributed by atoms with Crippen molar-refractivity contribution in [1.29, 1.82) is 0 Å². The number of anilines is 1. The van der Waals surface area contributed by atoms with Crippen molar-refractivity contribution in [2.75, 3.05) is 38.1 Å². The lowest BCUT2D eigenvalue weighted by molar-refractivity contribution is -0.120. The van der Waals surface area contributed by atoms with Gasteiger partial charge in [-0.05, 0) is 24.1 Å². The molecule has 3 rings (SSSR count). The van der Waals surface area contributed by atoms with E-state index in [0.29, 0.717) is 37.7 Å². The molecule has 2 heterocycles. The molecule has 166 valence electrons. The Bertz CT molecular complexity index is 920. The van der Waals surface area contributed by atoms with Crippen LogP contribution in [0, 0.1) is 0 Å². The highest BCUT2D eigenvalue weighted by Gasteiger charge is 2.27. The number of aliphatic imine (C=N–C) groups is 1. The number of guanidine groups is 1. The van der Waals surface area contributed by atoms with Crippen LogP contribution >= 0.6 is 0 Å². The van der Waals surface area contributed by atoms with Crippen LogP contribution in [0.3, 0.4) is 0 Å². The Balaban J connectivity index is 1.51. The summed E-state index contributed by atoms with van der Waals surface area (Å²) in [5, 5.41) is 10.4. The van der Waals surface area contributed by atoms with E-state index < -0.39 is 0 Å². The number of benzene rings is 1. The molecule has 1 fully saturated rings. The maximum Gasteiger partial charge on any atom is 0.251 e. The lowest BCUT2D eigenvalue weighted by Gasteiger charge is -2.35. The normalized spacial score (nSPS) is 14.7. The van der Waals surface area contributed by atoms with Crippen molar-refractivity contribution in [3.8, 4) is 0 Å². The summed E-state index contributed by atoms with van der Waals surface area (Å²) in [5.41, 5.74) is 2.50. The smallest absolute Gasteiger partial charge is 0.251 e. The first-order chi connectivity index (χ1) is 15.0. The Labute approximate surface area is 183 Å². The second kappa shape index (κ2) is 10.6. The van der Waals surface area contributed by atoms with Crippen LogP contribution in [-0.4, -0.2) is 65.7 Å². The molecule has 1 aromatic carbocycles. The van der Waals surface area contributed by atoms with Gasteiger partial charge in [0, 0.05) is 52.0 Å². The second-order valence-corrected chi connectivity index (χ2v) is 7.55. The summed E-state index contributed by atoms with van der Waals surface area (Å²) >= 11 is 0. The molecule has 1 aromatic heterocycles. The third-order valence-corrected chi connectivity index (χ3v) is 5.22. The van der Waals surface area contributed by atoms with Crippen LogP contribution in [0.4, 0.5) is 5.69 Å². The van der Waals surface area contributed by atoms with E-state index in [1.165, 1.54) is 0 Å². The van der Waals surface area contributed by atoms with Crippen molar-refractivity contribution in [3.05, 3.63) is 47.8 Å². The fraction of sp³-hybridized carbons (Fsp3) is 0.455. The molecule has 9 nitrogen and oxygen atoms in total. The quantitative estimate of drug-likeness (QED) is 0.397. The van der Waals surface area contributed by atoms with Gasteiger partial charge in [-0.25, -0.2) is 0 Å². The number of aromatic nitrogens is 2. The Morgan fingerprint density at radius 1 is 1.19 bits per heavy atom. The van der Waals surface area contributed by atoms with E-state index in [0.717, 1.165) is 24.1 Å². The molecule has 31 heavy (non-hydrogen) atoms. The van der Waals surface area contributed by atoms with E-state index in [1.807, 2.05) is 42.4 Å². The lowest BCUT2D eigenvalue weighted by Crippen LogP contribution is -2.55. The monoisotopic (exact) mass is 425 g/mol. The Kier molecular flexibility index (Phi) is 7.64. The molecule has 0 radical (unpaired) electrons. The molecule has 9 heteroatoms.